The largest absolute Gasteiger partial charge is 0.432 e. The van der Waals surface area contributed by atoms with Crippen molar-refractivity contribution in [3.05, 3.63) is 22.2 Å². The van der Waals surface area contributed by atoms with E-state index in [-0.39, 0.29) is 15.8 Å². The lowest BCUT2D eigenvalue weighted by atomic mass is 9.82. The zero-order valence-corrected chi connectivity index (χ0v) is 12.6. The number of benzene rings is 1. The average molecular weight is 335 g/mol. The Morgan fingerprint density at radius 1 is 1.19 bits per heavy atom. The van der Waals surface area contributed by atoms with Gasteiger partial charge < -0.3 is 10.1 Å². The van der Waals surface area contributed by atoms with Crippen molar-refractivity contribution in [2.75, 3.05) is 5.32 Å². The van der Waals surface area contributed by atoms with Crippen LogP contribution in [0.3, 0.4) is 0 Å². The molecule has 7 heteroatoms. The van der Waals surface area contributed by atoms with Crippen molar-refractivity contribution in [1.29, 1.82) is 5.26 Å². The smallest absolute Gasteiger partial charge is 0.387 e. The molecule has 114 valence electrons. The van der Waals surface area contributed by atoms with E-state index in [0.717, 1.165) is 32.1 Å². The summed E-state index contributed by atoms with van der Waals surface area (Å²) in [5.41, 5.74) is -0.134. The molecule has 1 saturated carbocycles. The van der Waals surface area contributed by atoms with Gasteiger partial charge in [-0.15, -0.1) is 0 Å². The summed E-state index contributed by atoms with van der Waals surface area (Å²) in [5.74, 6) is -0.256. The number of hydrogen-bond donors (Lipinski definition) is 1. The number of hydrogen-bond acceptors (Lipinski definition) is 3. The van der Waals surface area contributed by atoms with Gasteiger partial charge in [0.15, 0.2) is 5.75 Å². The molecule has 3 nitrogen and oxygen atoms in total. The van der Waals surface area contributed by atoms with Gasteiger partial charge in [0, 0.05) is 5.69 Å². The quantitative estimate of drug-likeness (QED) is 0.819. The van der Waals surface area contributed by atoms with E-state index < -0.39 is 12.2 Å². The third-order valence-electron chi connectivity index (χ3n) is 3.51. The normalized spacial score (nSPS) is 17.3. The molecular formula is C14H14Cl2F2N2O. The van der Waals surface area contributed by atoms with Crippen LogP contribution in [0.15, 0.2) is 12.1 Å². The number of nitrogens with zero attached hydrogens (tertiary/aromatic N) is 1. The van der Waals surface area contributed by atoms with Crippen molar-refractivity contribution in [3.63, 3.8) is 0 Å². The predicted octanol–water partition coefficient (Wildman–Crippen LogP) is 5.23. The fourth-order valence-corrected chi connectivity index (χ4v) is 3.11. The van der Waals surface area contributed by atoms with Crippen LogP contribution in [0.4, 0.5) is 14.5 Å². The number of nitriles is 1. The molecule has 1 fully saturated rings. The average Bonchev–Trinajstić information content (AvgIpc) is 2.44. The van der Waals surface area contributed by atoms with E-state index in [1.807, 2.05) is 0 Å². The van der Waals surface area contributed by atoms with Crippen molar-refractivity contribution in [1.82, 2.24) is 0 Å². The number of rotatable bonds is 4. The van der Waals surface area contributed by atoms with Crippen LogP contribution in [-0.4, -0.2) is 12.2 Å². The van der Waals surface area contributed by atoms with E-state index in [0.29, 0.717) is 5.69 Å². The minimum absolute atomic E-state index is 0.0193. The molecule has 1 aromatic rings. The molecule has 0 aromatic heterocycles. The predicted molar refractivity (Wildman–Crippen MR) is 78.1 cm³/mol. The van der Waals surface area contributed by atoms with Crippen molar-refractivity contribution in [3.8, 4) is 11.8 Å². The highest BCUT2D eigenvalue weighted by Crippen LogP contribution is 2.39. The van der Waals surface area contributed by atoms with Crippen molar-refractivity contribution in [2.45, 2.75) is 44.3 Å². The first-order valence-electron chi connectivity index (χ1n) is 6.59. The Kier molecular flexibility index (Phi) is 5.13. The van der Waals surface area contributed by atoms with Crippen LogP contribution in [-0.2, 0) is 0 Å². The topological polar surface area (TPSA) is 45.0 Å². The van der Waals surface area contributed by atoms with E-state index >= 15 is 0 Å². The zero-order chi connectivity index (χ0) is 15.5. The van der Waals surface area contributed by atoms with Crippen LogP contribution >= 0.6 is 23.2 Å². The van der Waals surface area contributed by atoms with Crippen LogP contribution in [0.2, 0.25) is 10.0 Å². The van der Waals surface area contributed by atoms with Gasteiger partial charge in [-0.3, -0.25) is 0 Å². The highest BCUT2D eigenvalue weighted by Gasteiger charge is 2.32. The van der Waals surface area contributed by atoms with Gasteiger partial charge in [0.25, 0.3) is 0 Å². The van der Waals surface area contributed by atoms with Gasteiger partial charge in [-0.2, -0.15) is 14.0 Å². The highest BCUT2D eigenvalue weighted by molar-refractivity contribution is 6.37. The first-order valence-corrected chi connectivity index (χ1v) is 7.35. The summed E-state index contributed by atoms with van der Waals surface area (Å²) in [6.45, 7) is -3.00. The number of anilines is 1. The van der Waals surface area contributed by atoms with Gasteiger partial charge in [-0.1, -0.05) is 42.5 Å². The van der Waals surface area contributed by atoms with E-state index in [4.69, 9.17) is 23.2 Å². The van der Waals surface area contributed by atoms with Gasteiger partial charge in [0.2, 0.25) is 0 Å². The maximum Gasteiger partial charge on any atom is 0.387 e. The number of nitrogens with one attached hydrogen (secondary N) is 1. The number of alkyl halides is 2. The van der Waals surface area contributed by atoms with Gasteiger partial charge in [0.05, 0.1) is 16.1 Å². The van der Waals surface area contributed by atoms with Crippen molar-refractivity contribution >= 4 is 28.9 Å². The number of ether oxygens (including phenoxy) is 1. The standard InChI is InChI=1S/C14H14Cl2F2N2O/c15-10-6-9(7-11(16)12(10)21-13(17)18)20-14(8-19)4-2-1-3-5-14/h6-7,13,20H,1-5H2. The lowest BCUT2D eigenvalue weighted by Crippen LogP contribution is -2.38. The lowest BCUT2D eigenvalue weighted by molar-refractivity contribution is -0.0497. The molecule has 0 radical (unpaired) electrons. The fourth-order valence-electron chi connectivity index (χ4n) is 2.53. The van der Waals surface area contributed by atoms with Gasteiger partial charge >= 0.3 is 6.61 Å². The molecular weight excluding hydrogens is 321 g/mol. The highest BCUT2D eigenvalue weighted by atomic mass is 35.5. The maximum absolute atomic E-state index is 12.3. The molecule has 0 atom stereocenters. The molecule has 1 aliphatic rings. The molecule has 1 aromatic carbocycles. The Balaban J connectivity index is 2.23. The Bertz CT molecular complexity index is 531. The SMILES string of the molecule is N#CC1(Nc2cc(Cl)c(OC(F)F)c(Cl)c2)CCCCC1. The fraction of sp³-hybridized carbons (Fsp3) is 0.500. The van der Waals surface area contributed by atoms with E-state index in [2.05, 4.69) is 16.1 Å². The molecule has 2 rings (SSSR count). The molecule has 0 aliphatic heterocycles. The van der Waals surface area contributed by atoms with Crippen LogP contribution in [0, 0.1) is 11.3 Å². The third-order valence-corrected chi connectivity index (χ3v) is 4.07. The van der Waals surface area contributed by atoms with Gasteiger partial charge in [-0.25, -0.2) is 0 Å². The summed E-state index contributed by atoms with van der Waals surface area (Å²) < 4.78 is 28.8. The first-order chi connectivity index (χ1) is 9.96. The second-order valence-electron chi connectivity index (χ2n) is 5.03. The molecule has 1 aliphatic carbocycles. The summed E-state index contributed by atoms with van der Waals surface area (Å²) in [6, 6.07) is 5.19. The van der Waals surface area contributed by atoms with Crippen LogP contribution < -0.4 is 10.1 Å². The summed E-state index contributed by atoms with van der Waals surface area (Å²) >= 11 is 11.8. The van der Waals surface area contributed by atoms with Gasteiger partial charge in [0.1, 0.15) is 5.54 Å². The Hall–Kier alpha value is -1.25. The maximum atomic E-state index is 12.3. The van der Waals surface area contributed by atoms with Crippen LogP contribution in [0.1, 0.15) is 32.1 Å². The first kappa shape index (κ1) is 16.1. The molecule has 1 N–H and O–H groups in total. The summed E-state index contributed by atoms with van der Waals surface area (Å²) in [6.07, 6.45) is 4.50. The lowest BCUT2D eigenvalue weighted by Gasteiger charge is -2.32. The van der Waals surface area contributed by atoms with E-state index in [1.165, 1.54) is 12.1 Å². The molecule has 0 amide bonds. The monoisotopic (exact) mass is 334 g/mol. The summed E-state index contributed by atoms with van der Waals surface area (Å²) in [5, 5.41) is 12.5. The third kappa shape index (κ3) is 3.90. The Morgan fingerprint density at radius 3 is 2.24 bits per heavy atom. The van der Waals surface area contributed by atoms with Crippen LogP contribution in [0.25, 0.3) is 0 Å². The van der Waals surface area contributed by atoms with Crippen molar-refractivity contribution in [2.24, 2.45) is 0 Å². The summed E-state index contributed by atoms with van der Waals surface area (Å²) in [4.78, 5) is 0. The molecule has 0 saturated heterocycles. The van der Waals surface area contributed by atoms with E-state index in [9.17, 15) is 14.0 Å². The number of halogens is 4. The van der Waals surface area contributed by atoms with Crippen LogP contribution in [0.5, 0.6) is 5.75 Å². The van der Waals surface area contributed by atoms with E-state index in [1.54, 1.807) is 0 Å². The Labute approximate surface area is 131 Å². The molecule has 0 spiro atoms. The minimum atomic E-state index is -3.00. The zero-order valence-electron chi connectivity index (χ0n) is 11.1. The molecule has 0 unspecified atom stereocenters. The Morgan fingerprint density at radius 2 is 1.76 bits per heavy atom. The second-order valence-corrected chi connectivity index (χ2v) is 5.84. The minimum Gasteiger partial charge on any atom is -0.432 e. The van der Waals surface area contributed by atoms with Crippen molar-refractivity contribution < 1.29 is 13.5 Å². The second kappa shape index (κ2) is 6.67. The summed E-state index contributed by atoms with van der Waals surface area (Å²) in [7, 11) is 0. The molecule has 0 bridgehead atoms. The van der Waals surface area contributed by atoms with Gasteiger partial charge in [-0.05, 0) is 25.0 Å². The molecule has 0 heterocycles. The molecule has 21 heavy (non-hydrogen) atoms.